The van der Waals surface area contributed by atoms with Gasteiger partial charge in [-0.1, -0.05) is 12.1 Å². The molecule has 2 heterocycles. The van der Waals surface area contributed by atoms with E-state index >= 15 is 0 Å². The van der Waals surface area contributed by atoms with E-state index in [1.54, 1.807) is 55.8 Å². The summed E-state index contributed by atoms with van der Waals surface area (Å²) in [5.41, 5.74) is 1.21. The summed E-state index contributed by atoms with van der Waals surface area (Å²) in [6, 6.07) is 14.3. The van der Waals surface area contributed by atoms with Gasteiger partial charge in [0.05, 0.1) is 24.0 Å². The topological polar surface area (TPSA) is 55.8 Å². The van der Waals surface area contributed by atoms with Crippen LogP contribution >= 0.6 is 11.8 Å². The van der Waals surface area contributed by atoms with Gasteiger partial charge in [0.1, 0.15) is 11.5 Å². The third-order valence-electron chi connectivity index (χ3n) is 4.13. The minimum absolute atomic E-state index is 0.0995. The maximum atomic E-state index is 12.9. The number of ether oxygens (including phenoxy) is 2. The Morgan fingerprint density at radius 3 is 2.64 bits per heavy atom. The number of para-hydroxylation sites is 1. The molecule has 0 saturated carbocycles. The summed E-state index contributed by atoms with van der Waals surface area (Å²) in [6.45, 7) is 0. The average molecular weight is 353 g/mol. The maximum Gasteiger partial charge on any atom is 0.241 e. The number of fused-ring (bicyclic) bond motifs is 2. The second kappa shape index (κ2) is 6.29. The molecule has 0 radical (unpaired) electrons. The number of amides is 1. The highest BCUT2D eigenvalue weighted by molar-refractivity contribution is 8.00. The lowest BCUT2D eigenvalue weighted by Gasteiger charge is -2.26. The van der Waals surface area contributed by atoms with Gasteiger partial charge >= 0.3 is 0 Å². The van der Waals surface area contributed by atoms with E-state index in [2.05, 4.69) is 0 Å². The van der Waals surface area contributed by atoms with Crippen molar-refractivity contribution >= 4 is 29.1 Å². The van der Waals surface area contributed by atoms with Crippen molar-refractivity contribution in [3.8, 4) is 11.5 Å². The molecule has 0 bridgehead atoms. The van der Waals surface area contributed by atoms with Crippen molar-refractivity contribution < 1.29 is 19.1 Å². The summed E-state index contributed by atoms with van der Waals surface area (Å²) in [7, 11) is 1.59. The van der Waals surface area contributed by atoms with Crippen LogP contribution in [0.5, 0.6) is 11.5 Å². The largest absolute Gasteiger partial charge is 0.497 e. The Labute approximate surface area is 149 Å². The van der Waals surface area contributed by atoms with Crippen LogP contribution in [0.2, 0.25) is 0 Å². The summed E-state index contributed by atoms with van der Waals surface area (Å²) >= 11 is 1.32. The molecule has 0 saturated heterocycles. The fourth-order valence-corrected chi connectivity index (χ4v) is 3.78. The number of carbonyl (C=O) groups is 2. The van der Waals surface area contributed by atoms with Crippen molar-refractivity contribution in [1.82, 2.24) is 0 Å². The molecule has 25 heavy (non-hydrogen) atoms. The zero-order valence-electron chi connectivity index (χ0n) is 13.5. The molecule has 1 amide bonds. The predicted molar refractivity (Wildman–Crippen MR) is 96.2 cm³/mol. The standard InChI is InChI=1S/C19H15NO4S/c1-23-13-8-6-12(7-9-13)20-10-15-18(22)14-4-2-3-5-16(14)24-19(15)25-11-17(20)21/h2-10,19H,11H2,1H3/t19-/m0/s1. The highest BCUT2D eigenvalue weighted by Crippen LogP contribution is 2.37. The number of benzene rings is 2. The number of ketones is 1. The smallest absolute Gasteiger partial charge is 0.241 e. The van der Waals surface area contributed by atoms with Crippen molar-refractivity contribution in [2.45, 2.75) is 5.44 Å². The first-order valence-electron chi connectivity index (χ1n) is 7.77. The molecule has 126 valence electrons. The van der Waals surface area contributed by atoms with E-state index in [1.165, 1.54) is 16.7 Å². The predicted octanol–water partition coefficient (Wildman–Crippen LogP) is 3.26. The van der Waals surface area contributed by atoms with Crippen molar-refractivity contribution in [3.63, 3.8) is 0 Å². The Balaban J connectivity index is 1.75. The summed E-state index contributed by atoms with van der Waals surface area (Å²) in [6.07, 6.45) is 1.60. The van der Waals surface area contributed by atoms with Crippen molar-refractivity contribution in [3.05, 3.63) is 65.9 Å². The number of thioether (sulfide) groups is 1. The van der Waals surface area contributed by atoms with Gasteiger partial charge in [-0.05, 0) is 36.4 Å². The Morgan fingerprint density at radius 2 is 1.88 bits per heavy atom. The Hall–Kier alpha value is -2.73. The van der Waals surface area contributed by atoms with Gasteiger partial charge in [0.25, 0.3) is 0 Å². The summed E-state index contributed by atoms with van der Waals surface area (Å²) < 4.78 is 11.1. The van der Waals surface area contributed by atoms with E-state index in [9.17, 15) is 9.59 Å². The van der Waals surface area contributed by atoms with Gasteiger partial charge in [-0.25, -0.2) is 0 Å². The Bertz CT molecular complexity index is 875. The molecule has 6 heteroatoms. The van der Waals surface area contributed by atoms with E-state index in [1.807, 2.05) is 6.07 Å². The normalized spacial score (nSPS) is 19.3. The lowest BCUT2D eigenvalue weighted by Crippen LogP contribution is -2.28. The number of nitrogens with zero attached hydrogens (tertiary/aromatic N) is 1. The molecule has 2 aliphatic rings. The van der Waals surface area contributed by atoms with Gasteiger partial charge < -0.3 is 9.47 Å². The van der Waals surface area contributed by atoms with Crippen molar-refractivity contribution in [1.29, 1.82) is 0 Å². The van der Waals surface area contributed by atoms with Gasteiger partial charge in [0.2, 0.25) is 5.91 Å². The van der Waals surface area contributed by atoms with Crippen LogP contribution in [0, 0.1) is 0 Å². The molecular formula is C19H15NO4S. The fraction of sp³-hybridized carbons (Fsp3) is 0.158. The van der Waals surface area contributed by atoms with Crippen LogP contribution in [-0.2, 0) is 4.79 Å². The first-order valence-corrected chi connectivity index (χ1v) is 8.82. The summed E-state index contributed by atoms with van der Waals surface area (Å²) in [4.78, 5) is 26.9. The Morgan fingerprint density at radius 1 is 1.12 bits per heavy atom. The first-order chi connectivity index (χ1) is 12.2. The highest BCUT2D eigenvalue weighted by Gasteiger charge is 2.36. The minimum Gasteiger partial charge on any atom is -0.497 e. The van der Waals surface area contributed by atoms with Gasteiger partial charge in [-0.3, -0.25) is 14.5 Å². The average Bonchev–Trinajstić information content (AvgIpc) is 2.82. The number of Topliss-reactive ketones (excluding diaryl/α,β-unsaturated/α-hetero) is 1. The maximum absolute atomic E-state index is 12.9. The van der Waals surface area contributed by atoms with E-state index in [0.29, 0.717) is 28.3 Å². The first kappa shape index (κ1) is 15.8. The SMILES string of the molecule is COc1ccc(N2C=C3C(=O)c4ccccc4O[C@H]3SCC2=O)cc1. The van der Waals surface area contributed by atoms with Crippen molar-refractivity contribution in [2.75, 3.05) is 17.8 Å². The van der Waals surface area contributed by atoms with E-state index in [4.69, 9.17) is 9.47 Å². The second-order valence-corrected chi connectivity index (χ2v) is 6.68. The molecule has 0 spiro atoms. The number of anilines is 1. The number of methoxy groups -OCH3 is 1. The molecule has 2 aliphatic heterocycles. The highest BCUT2D eigenvalue weighted by atomic mass is 32.2. The number of rotatable bonds is 2. The lowest BCUT2D eigenvalue weighted by molar-refractivity contribution is -0.115. The number of carbonyl (C=O) groups excluding carboxylic acids is 2. The van der Waals surface area contributed by atoms with Crippen LogP contribution in [0.3, 0.4) is 0 Å². The second-order valence-electron chi connectivity index (χ2n) is 5.63. The van der Waals surface area contributed by atoms with Crippen LogP contribution in [-0.4, -0.2) is 30.0 Å². The van der Waals surface area contributed by atoms with Crippen LogP contribution < -0.4 is 14.4 Å². The van der Waals surface area contributed by atoms with Gasteiger partial charge in [0, 0.05) is 11.9 Å². The molecule has 1 atom stereocenters. The van der Waals surface area contributed by atoms with Gasteiger partial charge in [0.15, 0.2) is 11.2 Å². The lowest BCUT2D eigenvalue weighted by atomic mass is 10.0. The Kier molecular flexibility index (Phi) is 3.97. The fourth-order valence-electron chi connectivity index (χ4n) is 2.83. The molecule has 0 fully saturated rings. The molecular weight excluding hydrogens is 338 g/mol. The molecule has 0 aliphatic carbocycles. The molecule has 5 nitrogen and oxygen atoms in total. The monoisotopic (exact) mass is 353 g/mol. The quantitative estimate of drug-likeness (QED) is 0.829. The zero-order valence-corrected chi connectivity index (χ0v) is 14.3. The third-order valence-corrected chi connectivity index (χ3v) is 5.19. The van der Waals surface area contributed by atoms with Crippen LogP contribution in [0.4, 0.5) is 5.69 Å². The third kappa shape index (κ3) is 2.78. The van der Waals surface area contributed by atoms with Crippen LogP contribution in [0.15, 0.2) is 60.3 Å². The van der Waals surface area contributed by atoms with Gasteiger partial charge in [-0.15, -0.1) is 11.8 Å². The molecule has 0 N–H and O–H groups in total. The minimum atomic E-state index is -0.477. The molecule has 4 rings (SSSR count). The van der Waals surface area contributed by atoms with Crippen molar-refractivity contribution in [2.24, 2.45) is 0 Å². The summed E-state index contributed by atoms with van der Waals surface area (Å²) in [5, 5.41) is 0. The molecule has 2 aromatic rings. The molecule has 0 aromatic heterocycles. The molecule has 0 unspecified atom stereocenters. The van der Waals surface area contributed by atoms with E-state index in [0.717, 1.165) is 0 Å². The number of hydrogen-bond donors (Lipinski definition) is 0. The zero-order chi connectivity index (χ0) is 17.4. The van der Waals surface area contributed by atoms with E-state index in [-0.39, 0.29) is 17.4 Å². The summed E-state index contributed by atoms with van der Waals surface area (Å²) in [5.74, 6) is 1.29. The van der Waals surface area contributed by atoms with Gasteiger partial charge in [-0.2, -0.15) is 0 Å². The van der Waals surface area contributed by atoms with Crippen LogP contribution in [0.1, 0.15) is 10.4 Å². The van der Waals surface area contributed by atoms with Crippen LogP contribution in [0.25, 0.3) is 0 Å². The molecule has 2 aromatic carbocycles. The number of hydrogen-bond acceptors (Lipinski definition) is 5. The van der Waals surface area contributed by atoms with E-state index < -0.39 is 5.44 Å².